The number of hydrogen-bond acceptors (Lipinski definition) is 3. The second-order valence-electron chi connectivity index (χ2n) is 5.77. The molecule has 1 heterocycles. The van der Waals surface area contributed by atoms with Crippen molar-refractivity contribution in [3.05, 3.63) is 47.3 Å². The van der Waals surface area contributed by atoms with E-state index >= 15 is 0 Å². The summed E-state index contributed by atoms with van der Waals surface area (Å²) in [7, 11) is 0. The van der Waals surface area contributed by atoms with Gasteiger partial charge in [0, 0.05) is 12.2 Å². The van der Waals surface area contributed by atoms with Crippen molar-refractivity contribution < 1.29 is 14.7 Å². The largest absolute Gasteiger partial charge is 0.478 e. The van der Waals surface area contributed by atoms with Crippen molar-refractivity contribution in [2.75, 3.05) is 5.32 Å². The van der Waals surface area contributed by atoms with Gasteiger partial charge in [-0.1, -0.05) is 26.8 Å². The molecular weight excluding hydrogens is 294 g/mol. The van der Waals surface area contributed by atoms with Crippen LogP contribution in [0, 0.1) is 5.92 Å². The maximum absolute atomic E-state index is 12.5. The number of aromatic nitrogens is 2. The molecule has 0 radical (unpaired) electrons. The number of hydrogen-bond donors (Lipinski definition) is 2. The first-order valence-corrected chi connectivity index (χ1v) is 7.61. The van der Waals surface area contributed by atoms with Crippen LogP contribution in [0.4, 0.5) is 5.69 Å². The van der Waals surface area contributed by atoms with Crippen LogP contribution in [0.2, 0.25) is 0 Å². The fourth-order valence-corrected chi connectivity index (χ4v) is 2.40. The van der Waals surface area contributed by atoms with Crippen molar-refractivity contribution >= 4 is 17.6 Å². The van der Waals surface area contributed by atoms with E-state index in [0.717, 1.165) is 12.2 Å². The van der Waals surface area contributed by atoms with Crippen LogP contribution in [0.25, 0.3) is 0 Å². The minimum absolute atomic E-state index is 0.133. The van der Waals surface area contributed by atoms with E-state index in [2.05, 4.69) is 24.3 Å². The Morgan fingerprint density at radius 1 is 1.35 bits per heavy atom. The molecule has 0 saturated heterocycles. The van der Waals surface area contributed by atoms with E-state index in [9.17, 15) is 9.59 Å². The first-order chi connectivity index (χ1) is 10.9. The normalized spacial score (nSPS) is 10.8. The van der Waals surface area contributed by atoms with Gasteiger partial charge in [0.2, 0.25) is 0 Å². The molecule has 2 N–H and O–H groups in total. The van der Waals surface area contributed by atoms with Gasteiger partial charge in [-0.15, -0.1) is 0 Å². The van der Waals surface area contributed by atoms with Gasteiger partial charge in [-0.25, -0.2) is 4.79 Å². The topological polar surface area (TPSA) is 84.2 Å². The van der Waals surface area contributed by atoms with E-state index in [4.69, 9.17) is 5.11 Å². The molecule has 0 unspecified atom stereocenters. The van der Waals surface area contributed by atoms with E-state index < -0.39 is 5.97 Å². The summed E-state index contributed by atoms with van der Waals surface area (Å²) in [6, 6.07) is 6.18. The SMILES string of the molecule is CCc1c(C(=O)Nc2cccc(C(=O)O)c2)cnn1CC(C)C. The summed E-state index contributed by atoms with van der Waals surface area (Å²) in [4.78, 5) is 23.5. The minimum atomic E-state index is -1.03. The Balaban J connectivity index is 2.22. The molecule has 0 spiro atoms. The third-order valence-corrected chi connectivity index (χ3v) is 3.43. The first-order valence-electron chi connectivity index (χ1n) is 7.61. The number of aromatic carboxylic acids is 1. The Morgan fingerprint density at radius 2 is 2.09 bits per heavy atom. The average Bonchev–Trinajstić information content (AvgIpc) is 2.89. The lowest BCUT2D eigenvalue weighted by Gasteiger charge is -2.10. The van der Waals surface area contributed by atoms with Crippen LogP contribution in [0.3, 0.4) is 0 Å². The lowest BCUT2D eigenvalue weighted by atomic mass is 10.1. The molecular formula is C17H21N3O3. The van der Waals surface area contributed by atoms with Gasteiger partial charge in [0.05, 0.1) is 23.0 Å². The Labute approximate surface area is 135 Å². The molecule has 2 aromatic rings. The number of amides is 1. The molecule has 0 aliphatic heterocycles. The maximum atomic E-state index is 12.5. The number of nitrogens with one attached hydrogen (secondary N) is 1. The number of nitrogens with zero attached hydrogens (tertiary/aromatic N) is 2. The van der Waals surface area contributed by atoms with Crippen LogP contribution in [0.1, 0.15) is 47.2 Å². The lowest BCUT2D eigenvalue weighted by Crippen LogP contribution is -2.16. The highest BCUT2D eigenvalue weighted by Gasteiger charge is 2.17. The van der Waals surface area contributed by atoms with Crippen LogP contribution in [0.15, 0.2) is 30.5 Å². The molecule has 23 heavy (non-hydrogen) atoms. The van der Waals surface area contributed by atoms with Crippen molar-refractivity contribution in [2.45, 2.75) is 33.7 Å². The predicted molar refractivity (Wildman–Crippen MR) is 87.8 cm³/mol. The summed E-state index contributed by atoms with van der Waals surface area (Å²) in [5, 5.41) is 16.0. The highest BCUT2D eigenvalue weighted by molar-refractivity contribution is 6.05. The zero-order valence-corrected chi connectivity index (χ0v) is 13.5. The molecule has 0 fully saturated rings. The van der Waals surface area contributed by atoms with Crippen LogP contribution in [0.5, 0.6) is 0 Å². The molecule has 0 saturated carbocycles. The Bertz CT molecular complexity index is 720. The number of anilines is 1. The van der Waals surface area contributed by atoms with Gasteiger partial charge in [-0.2, -0.15) is 5.10 Å². The van der Waals surface area contributed by atoms with E-state index in [0.29, 0.717) is 23.6 Å². The van der Waals surface area contributed by atoms with Gasteiger partial charge < -0.3 is 10.4 Å². The van der Waals surface area contributed by atoms with Crippen LogP contribution >= 0.6 is 0 Å². The van der Waals surface area contributed by atoms with Gasteiger partial charge in [-0.3, -0.25) is 9.48 Å². The van der Waals surface area contributed by atoms with Gasteiger partial charge in [0.1, 0.15) is 0 Å². The molecule has 6 heteroatoms. The van der Waals surface area contributed by atoms with E-state index in [1.54, 1.807) is 18.3 Å². The zero-order valence-electron chi connectivity index (χ0n) is 13.5. The maximum Gasteiger partial charge on any atom is 0.335 e. The molecule has 6 nitrogen and oxygen atoms in total. The van der Waals surface area contributed by atoms with Gasteiger partial charge >= 0.3 is 5.97 Å². The molecule has 0 aliphatic rings. The van der Waals surface area contributed by atoms with Crippen molar-refractivity contribution in [3.8, 4) is 0 Å². The minimum Gasteiger partial charge on any atom is -0.478 e. The summed E-state index contributed by atoms with van der Waals surface area (Å²) in [6.07, 6.45) is 2.27. The lowest BCUT2D eigenvalue weighted by molar-refractivity contribution is 0.0696. The molecule has 2 rings (SSSR count). The summed E-state index contributed by atoms with van der Waals surface area (Å²) in [6.45, 7) is 6.93. The quantitative estimate of drug-likeness (QED) is 0.858. The van der Waals surface area contributed by atoms with Crippen molar-refractivity contribution in [1.29, 1.82) is 0 Å². The number of carboxylic acid groups (broad SMARTS) is 1. The van der Waals surface area contributed by atoms with Crippen LogP contribution in [-0.2, 0) is 13.0 Å². The highest BCUT2D eigenvalue weighted by Crippen LogP contribution is 2.16. The molecule has 122 valence electrons. The van der Waals surface area contributed by atoms with E-state index in [1.807, 2.05) is 11.6 Å². The summed E-state index contributed by atoms with van der Waals surface area (Å²) < 4.78 is 1.85. The summed E-state index contributed by atoms with van der Waals surface area (Å²) >= 11 is 0. The zero-order chi connectivity index (χ0) is 17.0. The molecule has 1 aromatic heterocycles. The number of rotatable bonds is 6. The number of carbonyl (C=O) groups excluding carboxylic acids is 1. The predicted octanol–water partition coefficient (Wildman–Crippen LogP) is 3.05. The highest BCUT2D eigenvalue weighted by atomic mass is 16.4. The molecule has 0 bridgehead atoms. The number of carboxylic acids is 1. The Morgan fingerprint density at radius 3 is 2.70 bits per heavy atom. The van der Waals surface area contributed by atoms with Crippen LogP contribution < -0.4 is 5.32 Å². The fraction of sp³-hybridized carbons (Fsp3) is 0.353. The van der Waals surface area contributed by atoms with Crippen molar-refractivity contribution in [2.24, 2.45) is 5.92 Å². The van der Waals surface area contributed by atoms with E-state index in [1.165, 1.54) is 12.1 Å². The molecule has 0 atom stereocenters. The van der Waals surface area contributed by atoms with Gasteiger partial charge in [-0.05, 0) is 30.5 Å². The summed E-state index contributed by atoms with van der Waals surface area (Å²) in [5.74, 6) is -0.872. The second kappa shape index (κ2) is 7.09. The van der Waals surface area contributed by atoms with Crippen molar-refractivity contribution in [1.82, 2.24) is 9.78 Å². The Hall–Kier alpha value is -2.63. The summed E-state index contributed by atoms with van der Waals surface area (Å²) in [5.41, 5.74) is 1.99. The average molecular weight is 315 g/mol. The molecule has 1 amide bonds. The monoisotopic (exact) mass is 315 g/mol. The molecule has 0 aliphatic carbocycles. The smallest absolute Gasteiger partial charge is 0.335 e. The number of benzene rings is 1. The van der Waals surface area contributed by atoms with Gasteiger partial charge in [0.15, 0.2) is 0 Å². The standard InChI is InChI=1S/C17H21N3O3/c1-4-15-14(9-18-20(15)10-11(2)3)16(21)19-13-7-5-6-12(8-13)17(22)23/h5-9,11H,4,10H2,1-3H3,(H,19,21)(H,22,23). The van der Waals surface area contributed by atoms with Crippen LogP contribution in [-0.4, -0.2) is 26.8 Å². The molecule has 1 aromatic carbocycles. The van der Waals surface area contributed by atoms with Crippen molar-refractivity contribution in [3.63, 3.8) is 0 Å². The third kappa shape index (κ3) is 3.97. The van der Waals surface area contributed by atoms with Gasteiger partial charge in [0.25, 0.3) is 5.91 Å². The second-order valence-corrected chi connectivity index (χ2v) is 5.77. The fourth-order valence-electron chi connectivity index (χ4n) is 2.40. The Kier molecular flexibility index (Phi) is 5.16. The third-order valence-electron chi connectivity index (χ3n) is 3.43. The first kappa shape index (κ1) is 16.7. The van der Waals surface area contributed by atoms with E-state index in [-0.39, 0.29) is 11.5 Å². The number of carbonyl (C=O) groups is 2.